The molecule has 0 bridgehead atoms. The molecule has 0 aromatic heterocycles. The molecule has 3 saturated heterocycles. The van der Waals surface area contributed by atoms with Gasteiger partial charge in [-0.2, -0.15) is 0 Å². The lowest BCUT2D eigenvalue weighted by molar-refractivity contribution is -0.125. The highest BCUT2D eigenvalue weighted by Crippen LogP contribution is 2.35. The second-order valence-electron chi connectivity index (χ2n) is 6.49. The van der Waals surface area contributed by atoms with Gasteiger partial charge in [-0.05, 0) is 37.1 Å². The van der Waals surface area contributed by atoms with Crippen molar-refractivity contribution in [1.29, 1.82) is 0 Å². The van der Waals surface area contributed by atoms with Crippen molar-refractivity contribution in [1.82, 2.24) is 4.90 Å². The van der Waals surface area contributed by atoms with Crippen LogP contribution in [-0.4, -0.2) is 61.1 Å². The molecule has 25 heavy (non-hydrogen) atoms. The molecular weight excluding hydrogens is 324 g/mol. The lowest BCUT2D eigenvalue weighted by Gasteiger charge is -2.29. The predicted molar refractivity (Wildman–Crippen MR) is 89.8 cm³/mol. The summed E-state index contributed by atoms with van der Waals surface area (Å²) in [6.45, 7) is 1.77. The molecule has 0 aliphatic carbocycles. The Morgan fingerprint density at radius 3 is 2.52 bits per heavy atom. The topological polar surface area (TPSA) is 96.2 Å². The van der Waals surface area contributed by atoms with Gasteiger partial charge in [-0.1, -0.05) is 0 Å². The summed E-state index contributed by atoms with van der Waals surface area (Å²) in [5, 5.41) is 0. The molecule has 0 saturated carbocycles. The minimum absolute atomic E-state index is 0.0761. The van der Waals surface area contributed by atoms with Crippen molar-refractivity contribution in [3.8, 4) is 0 Å². The quantitative estimate of drug-likeness (QED) is 0.810. The van der Waals surface area contributed by atoms with E-state index in [1.54, 1.807) is 29.2 Å². The van der Waals surface area contributed by atoms with Crippen molar-refractivity contribution in [3.05, 3.63) is 24.3 Å². The van der Waals surface area contributed by atoms with E-state index in [9.17, 15) is 14.4 Å². The SMILES string of the molecule is NC(=O)C1N(c2ccc(N3CCOCC3=O)cc2)C(=O)[C@@H]2CCCN12. The molecule has 4 rings (SSSR count). The monoisotopic (exact) mass is 344 g/mol. The first-order valence-corrected chi connectivity index (χ1v) is 8.44. The molecule has 3 amide bonds. The molecule has 2 atom stereocenters. The highest BCUT2D eigenvalue weighted by molar-refractivity contribution is 6.06. The Bertz CT molecular complexity index is 720. The van der Waals surface area contributed by atoms with E-state index in [1.165, 1.54) is 4.90 Å². The molecule has 3 heterocycles. The fourth-order valence-corrected chi connectivity index (χ4v) is 3.92. The molecule has 1 aromatic rings. The van der Waals surface area contributed by atoms with Gasteiger partial charge in [0.15, 0.2) is 6.17 Å². The van der Waals surface area contributed by atoms with Crippen LogP contribution in [0.15, 0.2) is 24.3 Å². The first-order chi connectivity index (χ1) is 12.1. The Morgan fingerprint density at radius 1 is 1.12 bits per heavy atom. The van der Waals surface area contributed by atoms with E-state index < -0.39 is 12.1 Å². The predicted octanol–water partition coefficient (Wildman–Crippen LogP) is -0.328. The maximum Gasteiger partial charge on any atom is 0.255 e. The van der Waals surface area contributed by atoms with Gasteiger partial charge in [-0.3, -0.25) is 24.2 Å². The average Bonchev–Trinajstić information content (AvgIpc) is 3.18. The number of benzene rings is 1. The fourth-order valence-electron chi connectivity index (χ4n) is 3.92. The lowest BCUT2D eigenvalue weighted by atomic mass is 10.2. The number of fused-ring (bicyclic) bond motifs is 1. The number of morpholine rings is 1. The lowest BCUT2D eigenvalue weighted by Crippen LogP contribution is -2.49. The Balaban J connectivity index is 1.61. The summed E-state index contributed by atoms with van der Waals surface area (Å²) in [6, 6.07) is 6.82. The van der Waals surface area contributed by atoms with Crippen LogP contribution in [0.3, 0.4) is 0 Å². The number of rotatable bonds is 3. The smallest absolute Gasteiger partial charge is 0.255 e. The number of amides is 3. The number of primary amides is 1. The van der Waals surface area contributed by atoms with E-state index >= 15 is 0 Å². The minimum atomic E-state index is -0.740. The van der Waals surface area contributed by atoms with Crippen molar-refractivity contribution in [2.45, 2.75) is 25.0 Å². The van der Waals surface area contributed by atoms with Crippen molar-refractivity contribution < 1.29 is 19.1 Å². The van der Waals surface area contributed by atoms with E-state index in [1.807, 2.05) is 4.90 Å². The van der Waals surface area contributed by atoms with Gasteiger partial charge < -0.3 is 15.4 Å². The summed E-state index contributed by atoms with van der Waals surface area (Å²) in [5.74, 6) is -0.700. The number of nitrogens with zero attached hydrogens (tertiary/aromatic N) is 3. The Labute approximate surface area is 145 Å². The van der Waals surface area contributed by atoms with E-state index in [-0.39, 0.29) is 24.5 Å². The Kier molecular flexibility index (Phi) is 3.93. The summed E-state index contributed by atoms with van der Waals surface area (Å²) in [7, 11) is 0. The Morgan fingerprint density at radius 2 is 1.84 bits per heavy atom. The number of anilines is 2. The van der Waals surface area contributed by atoms with Crippen LogP contribution < -0.4 is 15.5 Å². The van der Waals surface area contributed by atoms with Gasteiger partial charge in [0, 0.05) is 24.5 Å². The van der Waals surface area contributed by atoms with Gasteiger partial charge in [0.05, 0.1) is 12.6 Å². The summed E-state index contributed by atoms with van der Waals surface area (Å²) in [6.07, 6.45) is 0.904. The van der Waals surface area contributed by atoms with Gasteiger partial charge in [0.25, 0.3) is 11.8 Å². The van der Waals surface area contributed by atoms with Crippen molar-refractivity contribution in [3.63, 3.8) is 0 Å². The third kappa shape index (κ3) is 2.58. The van der Waals surface area contributed by atoms with Gasteiger partial charge >= 0.3 is 0 Å². The van der Waals surface area contributed by atoms with Crippen LogP contribution in [0.5, 0.6) is 0 Å². The zero-order valence-corrected chi connectivity index (χ0v) is 13.8. The molecule has 0 spiro atoms. The van der Waals surface area contributed by atoms with Gasteiger partial charge in [-0.25, -0.2) is 0 Å². The van der Waals surface area contributed by atoms with Gasteiger partial charge in [-0.15, -0.1) is 0 Å². The Hall–Kier alpha value is -2.45. The summed E-state index contributed by atoms with van der Waals surface area (Å²) >= 11 is 0. The van der Waals surface area contributed by atoms with Crippen molar-refractivity contribution >= 4 is 29.1 Å². The third-order valence-corrected chi connectivity index (χ3v) is 5.06. The summed E-state index contributed by atoms with van der Waals surface area (Å²) in [5.41, 5.74) is 6.94. The van der Waals surface area contributed by atoms with Crippen LogP contribution in [-0.2, 0) is 19.1 Å². The summed E-state index contributed by atoms with van der Waals surface area (Å²) < 4.78 is 5.13. The van der Waals surface area contributed by atoms with E-state index in [0.717, 1.165) is 18.5 Å². The normalized spacial score (nSPS) is 27.0. The van der Waals surface area contributed by atoms with Crippen LogP contribution in [0.25, 0.3) is 0 Å². The molecule has 0 radical (unpaired) electrons. The average molecular weight is 344 g/mol. The molecule has 1 unspecified atom stereocenters. The molecule has 8 heteroatoms. The molecular formula is C17H20N4O4. The maximum absolute atomic E-state index is 12.7. The first-order valence-electron chi connectivity index (χ1n) is 8.44. The molecule has 1 aromatic carbocycles. The second kappa shape index (κ2) is 6.12. The third-order valence-electron chi connectivity index (χ3n) is 5.06. The summed E-state index contributed by atoms with van der Waals surface area (Å²) in [4.78, 5) is 41.6. The number of carbonyl (C=O) groups excluding carboxylic acids is 3. The zero-order valence-electron chi connectivity index (χ0n) is 13.8. The molecule has 3 fully saturated rings. The number of ether oxygens (including phenoxy) is 1. The number of nitrogens with two attached hydrogens (primary N) is 1. The van der Waals surface area contributed by atoms with E-state index in [2.05, 4.69) is 0 Å². The first kappa shape index (κ1) is 16.0. The maximum atomic E-state index is 12.7. The molecule has 132 valence electrons. The van der Waals surface area contributed by atoms with Crippen LogP contribution in [0.4, 0.5) is 11.4 Å². The molecule has 2 N–H and O–H groups in total. The second-order valence-corrected chi connectivity index (χ2v) is 6.49. The standard InChI is InChI=1S/C17H20N4O4/c18-15(23)16-20-7-1-2-13(20)17(24)21(16)12-5-3-11(4-6-12)19-8-9-25-10-14(19)22/h3-6,13,16H,1-2,7-10H2,(H2,18,23)/t13-,16?/m0/s1. The molecule has 8 nitrogen and oxygen atoms in total. The van der Waals surface area contributed by atoms with Crippen molar-refractivity contribution in [2.75, 3.05) is 36.1 Å². The molecule has 3 aliphatic heterocycles. The van der Waals surface area contributed by atoms with Gasteiger partial charge in [0.2, 0.25) is 5.91 Å². The van der Waals surface area contributed by atoms with Crippen LogP contribution >= 0.6 is 0 Å². The number of hydrogen-bond acceptors (Lipinski definition) is 5. The van der Waals surface area contributed by atoms with Gasteiger partial charge in [0.1, 0.15) is 6.61 Å². The zero-order chi connectivity index (χ0) is 17.6. The number of hydrogen-bond donors (Lipinski definition) is 1. The largest absolute Gasteiger partial charge is 0.370 e. The van der Waals surface area contributed by atoms with Crippen molar-refractivity contribution in [2.24, 2.45) is 5.73 Å². The van der Waals surface area contributed by atoms with Crippen LogP contribution in [0.1, 0.15) is 12.8 Å². The van der Waals surface area contributed by atoms with Crippen LogP contribution in [0, 0.1) is 0 Å². The highest BCUT2D eigenvalue weighted by Gasteiger charge is 2.51. The minimum Gasteiger partial charge on any atom is -0.370 e. The van der Waals surface area contributed by atoms with E-state index in [0.29, 0.717) is 25.4 Å². The van der Waals surface area contributed by atoms with E-state index in [4.69, 9.17) is 10.5 Å². The number of carbonyl (C=O) groups is 3. The molecule has 3 aliphatic rings. The fraction of sp³-hybridized carbons (Fsp3) is 0.471. The van der Waals surface area contributed by atoms with Crippen LogP contribution in [0.2, 0.25) is 0 Å². The highest BCUT2D eigenvalue weighted by atomic mass is 16.5.